The molecule has 0 spiro atoms. The lowest BCUT2D eigenvalue weighted by molar-refractivity contribution is 1.34. The van der Waals surface area contributed by atoms with Crippen molar-refractivity contribution in [2.75, 3.05) is 0 Å². The Balaban J connectivity index is 2.99. The summed E-state index contributed by atoms with van der Waals surface area (Å²) in [5.41, 5.74) is 0. The fourth-order valence-corrected chi connectivity index (χ4v) is 2.09. The second kappa shape index (κ2) is 3.07. The predicted molar refractivity (Wildman–Crippen MR) is 54.9 cm³/mol. The van der Waals surface area contributed by atoms with Gasteiger partial charge in [-0.1, -0.05) is 19.6 Å². The molecule has 0 saturated heterocycles. The minimum absolute atomic E-state index is 1.06. The Morgan fingerprint density at radius 1 is 1.27 bits per heavy atom. The number of aromatic nitrogens is 1. The molecule has 1 rings (SSSR count). The number of hydrogen-bond acceptors (Lipinski definition) is 1. The molecule has 0 aliphatic carbocycles. The van der Waals surface area contributed by atoms with Crippen LogP contribution in [0.1, 0.15) is 0 Å². The van der Waals surface area contributed by atoms with Crippen LogP contribution in [0.5, 0.6) is 0 Å². The molecule has 0 atom stereocenters. The van der Waals surface area contributed by atoms with Crippen LogP contribution in [-0.2, 0) is 0 Å². The second-order valence-electron chi connectivity index (χ2n) is 3.61. The average molecular weight is 230 g/mol. The van der Waals surface area contributed by atoms with Crippen molar-refractivity contribution in [3.63, 3.8) is 0 Å². The molecule has 0 unspecified atom stereocenters. The molecule has 0 aromatic carbocycles. The standard InChI is InChI=1S/C8H12BrNSi/c1-11(2,3)8-5-4-7(9)6-10-8/h4-6H,1-3H3. The third-order valence-electron chi connectivity index (χ3n) is 1.50. The molecule has 0 bridgehead atoms. The van der Waals surface area contributed by atoms with Crippen molar-refractivity contribution in [2.45, 2.75) is 19.6 Å². The highest BCUT2D eigenvalue weighted by Gasteiger charge is 2.17. The van der Waals surface area contributed by atoms with Crippen molar-refractivity contribution in [2.24, 2.45) is 0 Å². The minimum Gasteiger partial charge on any atom is -0.265 e. The summed E-state index contributed by atoms with van der Waals surface area (Å²) >= 11 is 3.37. The van der Waals surface area contributed by atoms with Crippen LogP contribution in [0.3, 0.4) is 0 Å². The van der Waals surface area contributed by atoms with Crippen LogP contribution < -0.4 is 5.32 Å². The molecule has 0 aliphatic heterocycles. The lowest BCUT2D eigenvalue weighted by Gasteiger charge is -2.14. The first-order chi connectivity index (χ1) is 5.00. The van der Waals surface area contributed by atoms with Gasteiger partial charge in [-0.2, -0.15) is 0 Å². The van der Waals surface area contributed by atoms with Crippen molar-refractivity contribution in [1.82, 2.24) is 4.98 Å². The summed E-state index contributed by atoms with van der Waals surface area (Å²) in [4.78, 5) is 4.36. The van der Waals surface area contributed by atoms with Gasteiger partial charge in [-0.15, -0.1) is 0 Å². The zero-order valence-corrected chi connectivity index (χ0v) is 9.64. The van der Waals surface area contributed by atoms with E-state index in [1.165, 1.54) is 5.32 Å². The summed E-state index contributed by atoms with van der Waals surface area (Å²) in [6, 6.07) is 4.16. The first-order valence-electron chi connectivity index (χ1n) is 3.62. The highest BCUT2D eigenvalue weighted by atomic mass is 79.9. The Hall–Kier alpha value is -0.153. The van der Waals surface area contributed by atoms with Gasteiger partial charge in [-0.3, -0.25) is 4.98 Å². The molecule has 0 fully saturated rings. The van der Waals surface area contributed by atoms with Crippen LogP contribution in [0, 0.1) is 0 Å². The summed E-state index contributed by atoms with van der Waals surface area (Å²) < 4.78 is 1.06. The van der Waals surface area contributed by atoms with E-state index >= 15 is 0 Å². The van der Waals surface area contributed by atoms with Gasteiger partial charge in [0.05, 0.1) is 0 Å². The average Bonchev–Trinajstić information content (AvgIpc) is 1.86. The van der Waals surface area contributed by atoms with Crippen LogP contribution in [0.15, 0.2) is 22.8 Å². The molecular formula is C8H12BrNSi. The van der Waals surface area contributed by atoms with E-state index in [0.29, 0.717) is 0 Å². The largest absolute Gasteiger partial charge is 0.265 e. The molecule has 1 aromatic heterocycles. The quantitative estimate of drug-likeness (QED) is 0.675. The maximum absolute atomic E-state index is 4.36. The number of halogens is 1. The molecule has 1 nitrogen and oxygen atoms in total. The van der Waals surface area contributed by atoms with Crippen LogP contribution >= 0.6 is 15.9 Å². The van der Waals surface area contributed by atoms with Gasteiger partial charge in [0.25, 0.3) is 0 Å². The summed E-state index contributed by atoms with van der Waals surface area (Å²) in [6.07, 6.45) is 1.87. The van der Waals surface area contributed by atoms with Crippen LogP contribution in [-0.4, -0.2) is 13.1 Å². The summed E-state index contributed by atoms with van der Waals surface area (Å²) in [5.74, 6) is 0. The smallest absolute Gasteiger partial charge is 0.101 e. The van der Waals surface area contributed by atoms with E-state index in [-0.39, 0.29) is 0 Å². The van der Waals surface area contributed by atoms with E-state index in [1.54, 1.807) is 0 Å². The first kappa shape index (κ1) is 8.94. The zero-order chi connectivity index (χ0) is 8.48. The monoisotopic (exact) mass is 229 g/mol. The third kappa shape index (κ3) is 2.41. The number of hydrogen-bond donors (Lipinski definition) is 0. The predicted octanol–water partition coefficient (Wildman–Crippen LogP) is 2.39. The minimum atomic E-state index is -1.19. The molecule has 3 heteroatoms. The highest BCUT2D eigenvalue weighted by Crippen LogP contribution is 2.06. The molecule has 0 aliphatic rings. The van der Waals surface area contributed by atoms with E-state index < -0.39 is 8.07 Å². The second-order valence-corrected chi connectivity index (χ2v) is 9.54. The maximum Gasteiger partial charge on any atom is 0.101 e. The lowest BCUT2D eigenvalue weighted by Crippen LogP contribution is -2.39. The number of nitrogens with zero attached hydrogens (tertiary/aromatic N) is 1. The van der Waals surface area contributed by atoms with E-state index in [1.807, 2.05) is 6.20 Å². The molecular weight excluding hydrogens is 218 g/mol. The number of rotatable bonds is 1. The third-order valence-corrected chi connectivity index (χ3v) is 3.80. The highest BCUT2D eigenvalue weighted by molar-refractivity contribution is 9.10. The molecule has 60 valence electrons. The topological polar surface area (TPSA) is 12.9 Å². The number of pyridine rings is 1. The molecule has 1 heterocycles. The molecule has 0 radical (unpaired) electrons. The van der Waals surface area contributed by atoms with Crippen molar-refractivity contribution < 1.29 is 0 Å². The van der Waals surface area contributed by atoms with E-state index in [2.05, 4.69) is 52.7 Å². The van der Waals surface area contributed by atoms with Gasteiger partial charge in [0, 0.05) is 16.0 Å². The zero-order valence-electron chi connectivity index (χ0n) is 7.06. The Kier molecular flexibility index (Phi) is 2.49. The molecule has 0 saturated carbocycles. The van der Waals surface area contributed by atoms with Gasteiger partial charge in [0.1, 0.15) is 8.07 Å². The van der Waals surface area contributed by atoms with Crippen LogP contribution in [0.25, 0.3) is 0 Å². The summed E-state index contributed by atoms with van der Waals surface area (Å²) in [5, 5.41) is 1.26. The van der Waals surface area contributed by atoms with Gasteiger partial charge < -0.3 is 0 Å². The van der Waals surface area contributed by atoms with Gasteiger partial charge in [-0.25, -0.2) is 0 Å². The molecule has 0 N–H and O–H groups in total. The molecule has 0 amide bonds. The lowest BCUT2D eigenvalue weighted by atomic mass is 10.5. The van der Waals surface area contributed by atoms with Crippen LogP contribution in [0.4, 0.5) is 0 Å². The Labute approximate surface area is 77.0 Å². The fraction of sp³-hybridized carbons (Fsp3) is 0.375. The van der Waals surface area contributed by atoms with E-state index in [0.717, 1.165) is 4.47 Å². The summed E-state index contributed by atoms with van der Waals surface area (Å²) in [6.45, 7) is 6.88. The van der Waals surface area contributed by atoms with E-state index in [4.69, 9.17) is 0 Å². The Morgan fingerprint density at radius 2 is 1.91 bits per heavy atom. The maximum atomic E-state index is 4.36. The molecule has 11 heavy (non-hydrogen) atoms. The van der Waals surface area contributed by atoms with Gasteiger partial charge in [0.2, 0.25) is 0 Å². The van der Waals surface area contributed by atoms with Gasteiger partial charge in [0.15, 0.2) is 0 Å². The van der Waals surface area contributed by atoms with Crippen LogP contribution in [0.2, 0.25) is 19.6 Å². The van der Waals surface area contributed by atoms with Crippen molar-refractivity contribution in [1.29, 1.82) is 0 Å². The SMILES string of the molecule is C[Si](C)(C)c1ccc(Br)cn1. The Morgan fingerprint density at radius 3 is 2.27 bits per heavy atom. The Bertz CT molecular complexity index is 237. The van der Waals surface area contributed by atoms with E-state index in [9.17, 15) is 0 Å². The van der Waals surface area contributed by atoms with Gasteiger partial charge >= 0.3 is 0 Å². The first-order valence-corrected chi connectivity index (χ1v) is 7.91. The fourth-order valence-electron chi connectivity index (χ4n) is 0.819. The normalized spacial score (nSPS) is 11.6. The summed E-state index contributed by atoms with van der Waals surface area (Å²) in [7, 11) is -1.19. The van der Waals surface area contributed by atoms with Gasteiger partial charge in [-0.05, 0) is 28.1 Å². The van der Waals surface area contributed by atoms with Crippen molar-refractivity contribution in [3.05, 3.63) is 22.8 Å². The molecule has 1 aromatic rings. The van der Waals surface area contributed by atoms with Crippen molar-refractivity contribution in [3.8, 4) is 0 Å². The van der Waals surface area contributed by atoms with Crippen molar-refractivity contribution >= 4 is 29.3 Å².